The lowest BCUT2D eigenvalue weighted by atomic mass is 10.2. The van der Waals surface area contributed by atoms with E-state index in [9.17, 15) is 9.18 Å². The average molecular weight is 376 g/mol. The first-order valence-corrected chi connectivity index (χ1v) is 7.08. The van der Waals surface area contributed by atoms with E-state index in [-0.39, 0.29) is 11.7 Å². The molecule has 0 aliphatic rings. The van der Waals surface area contributed by atoms with Crippen LogP contribution in [0.1, 0.15) is 10.9 Å². The molecule has 2 rings (SSSR count). The zero-order valence-electron chi connectivity index (χ0n) is 9.19. The van der Waals surface area contributed by atoms with Crippen LogP contribution in [-0.4, -0.2) is 5.91 Å². The van der Waals surface area contributed by atoms with Crippen molar-refractivity contribution in [2.24, 2.45) is 5.73 Å². The summed E-state index contributed by atoms with van der Waals surface area (Å²) in [4.78, 5) is 12.7. The van der Waals surface area contributed by atoms with Crippen molar-refractivity contribution < 1.29 is 9.18 Å². The molecular weight excluding hydrogens is 366 g/mol. The zero-order chi connectivity index (χ0) is 13.1. The van der Waals surface area contributed by atoms with E-state index in [1.165, 1.54) is 29.5 Å². The second-order valence-corrected chi connectivity index (χ2v) is 5.75. The quantitative estimate of drug-likeness (QED) is 0.809. The van der Waals surface area contributed by atoms with Crippen LogP contribution in [0.15, 0.2) is 35.7 Å². The molecule has 18 heavy (non-hydrogen) atoms. The number of carbonyl (C=O) groups is 1. The van der Waals surface area contributed by atoms with Crippen LogP contribution < -0.4 is 11.1 Å². The van der Waals surface area contributed by atoms with Gasteiger partial charge in [0.15, 0.2) is 0 Å². The fourth-order valence-electron chi connectivity index (χ4n) is 1.40. The number of rotatable bonds is 3. The Morgan fingerprint density at radius 3 is 2.83 bits per heavy atom. The monoisotopic (exact) mass is 376 g/mol. The number of nitrogens with one attached hydrogen (secondary N) is 1. The molecule has 1 heterocycles. The van der Waals surface area contributed by atoms with Crippen LogP contribution in [0, 0.1) is 9.39 Å². The highest BCUT2D eigenvalue weighted by atomic mass is 127. The summed E-state index contributed by atoms with van der Waals surface area (Å²) in [5.41, 5.74) is 6.40. The zero-order valence-corrected chi connectivity index (χ0v) is 12.2. The molecule has 0 saturated heterocycles. The number of halogens is 2. The molecule has 94 valence electrons. The van der Waals surface area contributed by atoms with Gasteiger partial charge in [0, 0.05) is 8.45 Å². The summed E-state index contributed by atoms with van der Waals surface area (Å²) in [5.74, 6) is -0.637. The molecule has 1 unspecified atom stereocenters. The SMILES string of the molecule is NC(C(=O)Nc1ccc(F)cc1I)c1cccs1. The number of hydrogen-bond acceptors (Lipinski definition) is 3. The van der Waals surface area contributed by atoms with Crippen molar-refractivity contribution in [3.05, 3.63) is 50.0 Å². The predicted octanol–water partition coefficient (Wildman–Crippen LogP) is 3.13. The van der Waals surface area contributed by atoms with Gasteiger partial charge in [-0.25, -0.2) is 4.39 Å². The van der Waals surface area contributed by atoms with Crippen molar-refractivity contribution in [3.63, 3.8) is 0 Å². The molecule has 3 N–H and O–H groups in total. The Balaban J connectivity index is 2.12. The Morgan fingerprint density at radius 2 is 2.22 bits per heavy atom. The van der Waals surface area contributed by atoms with Gasteiger partial charge in [-0.2, -0.15) is 0 Å². The van der Waals surface area contributed by atoms with Crippen molar-refractivity contribution >= 4 is 45.5 Å². The largest absolute Gasteiger partial charge is 0.323 e. The molecule has 2 aromatic rings. The molecule has 1 amide bonds. The first-order chi connectivity index (χ1) is 8.58. The minimum absolute atomic E-state index is 0.304. The lowest BCUT2D eigenvalue weighted by Crippen LogP contribution is -2.27. The highest BCUT2D eigenvalue weighted by Gasteiger charge is 2.17. The summed E-state index contributed by atoms with van der Waals surface area (Å²) >= 11 is 3.39. The summed E-state index contributed by atoms with van der Waals surface area (Å²) < 4.78 is 13.6. The normalized spacial score (nSPS) is 12.2. The second-order valence-electron chi connectivity index (χ2n) is 3.61. The molecule has 0 fully saturated rings. The van der Waals surface area contributed by atoms with E-state index in [1.54, 1.807) is 0 Å². The number of hydrogen-bond donors (Lipinski definition) is 2. The van der Waals surface area contributed by atoms with E-state index in [0.29, 0.717) is 9.26 Å². The number of nitrogens with two attached hydrogens (primary N) is 1. The maximum Gasteiger partial charge on any atom is 0.246 e. The van der Waals surface area contributed by atoms with Gasteiger partial charge in [0.2, 0.25) is 5.91 Å². The van der Waals surface area contributed by atoms with Gasteiger partial charge in [0.05, 0.1) is 5.69 Å². The fraction of sp³-hybridized carbons (Fsp3) is 0.0833. The lowest BCUT2D eigenvalue weighted by molar-refractivity contribution is -0.117. The molecular formula is C12H10FIN2OS. The van der Waals surface area contributed by atoms with Crippen molar-refractivity contribution in [1.29, 1.82) is 0 Å². The lowest BCUT2D eigenvalue weighted by Gasteiger charge is -2.11. The Kier molecular flexibility index (Phi) is 4.31. The second kappa shape index (κ2) is 5.77. The Labute approximate surface area is 121 Å². The minimum atomic E-state index is -0.703. The molecule has 0 aliphatic heterocycles. The Bertz CT molecular complexity index is 559. The fourth-order valence-corrected chi connectivity index (χ4v) is 2.74. The van der Waals surface area contributed by atoms with Crippen LogP contribution in [0.25, 0.3) is 0 Å². The predicted molar refractivity (Wildman–Crippen MR) is 79.0 cm³/mol. The van der Waals surface area contributed by atoms with Crippen LogP contribution in [-0.2, 0) is 4.79 Å². The van der Waals surface area contributed by atoms with Gasteiger partial charge >= 0.3 is 0 Å². The summed E-state index contributed by atoms with van der Waals surface area (Å²) in [6, 6.07) is 7.13. The number of thiophene rings is 1. The maximum atomic E-state index is 12.9. The van der Waals surface area contributed by atoms with Gasteiger partial charge in [-0.15, -0.1) is 11.3 Å². The number of amides is 1. The van der Waals surface area contributed by atoms with Gasteiger partial charge in [0.1, 0.15) is 11.9 Å². The van der Waals surface area contributed by atoms with Crippen LogP contribution in [0.5, 0.6) is 0 Å². The third kappa shape index (κ3) is 3.06. The first-order valence-electron chi connectivity index (χ1n) is 5.13. The average Bonchev–Trinajstić information content (AvgIpc) is 2.85. The third-order valence-electron chi connectivity index (χ3n) is 2.32. The van der Waals surface area contributed by atoms with Crippen molar-refractivity contribution in [2.75, 3.05) is 5.32 Å². The Hall–Kier alpha value is -0.990. The first kappa shape index (κ1) is 13.4. The van der Waals surface area contributed by atoms with Gasteiger partial charge in [-0.05, 0) is 52.2 Å². The summed E-state index contributed by atoms with van der Waals surface area (Å²) in [6.07, 6.45) is 0. The molecule has 0 bridgehead atoms. The molecule has 1 aromatic carbocycles. The van der Waals surface area contributed by atoms with Crippen LogP contribution in [0.3, 0.4) is 0 Å². The van der Waals surface area contributed by atoms with Gasteiger partial charge in [-0.1, -0.05) is 6.07 Å². The standard InChI is InChI=1S/C12H10FIN2OS/c13-7-3-4-9(8(14)6-7)16-12(17)11(15)10-2-1-5-18-10/h1-6,11H,15H2,(H,16,17). The Morgan fingerprint density at radius 1 is 1.44 bits per heavy atom. The van der Waals surface area contributed by atoms with Crippen molar-refractivity contribution in [2.45, 2.75) is 6.04 Å². The molecule has 6 heteroatoms. The van der Waals surface area contributed by atoms with E-state index >= 15 is 0 Å². The van der Waals surface area contributed by atoms with E-state index in [1.807, 2.05) is 40.1 Å². The minimum Gasteiger partial charge on any atom is -0.323 e. The summed E-state index contributed by atoms with van der Waals surface area (Å²) in [7, 11) is 0. The smallest absolute Gasteiger partial charge is 0.246 e. The molecule has 0 saturated carbocycles. The molecule has 1 aromatic heterocycles. The number of anilines is 1. The van der Waals surface area contributed by atoms with E-state index < -0.39 is 6.04 Å². The van der Waals surface area contributed by atoms with Gasteiger partial charge in [-0.3, -0.25) is 4.79 Å². The van der Waals surface area contributed by atoms with Crippen LogP contribution >= 0.6 is 33.9 Å². The highest BCUT2D eigenvalue weighted by molar-refractivity contribution is 14.1. The molecule has 0 aliphatic carbocycles. The van der Waals surface area contributed by atoms with E-state index in [2.05, 4.69) is 5.32 Å². The summed E-state index contributed by atoms with van der Waals surface area (Å²) in [5, 5.41) is 4.56. The summed E-state index contributed by atoms with van der Waals surface area (Å²) in [6.45, 7) is 0. The van der Waals surface area contributed by atoms with E-state index in [0.717, 1.165) is 4.88 Å². The van der Waals surface area contributed by atoms with Gasteiger partial charge in [0.25, 0.3) is 0 Å². The van der Waals surface area contributed by atoms with Crippen molar-refractivity contribution in [1.82, 2.24) is 0 Å². The number of benzene rings is 1. The topological polar surface area (TPSA) is 55.1 Å². The molecule has 0 spiro atoms. The van der Waals surface area contributed by atoms with Crippen LogP contribution in [0.2, 0.25) is 0 Å². The highest BCUT2D eigenvalue weighted by Crippen LogP contribution is 2.22. The maximum absolute atomic E-state index is 12.9. The van der Waals surface area contributed by atoms with E-state index in [4.69, 9.17) is 5.73 Å². The van der Waals surface area contributed by atoms with Crippen LogP contribution in [0.4, 0.5) is 10.1 Å². The number of carbonyl (C=O) groups excluding carboxylic acids is 1. The molecule has 1 atom stereocenters. The molecule has 3 nitrogen and oxygen atoms in total. The van der Waals surface area contributed by atoms with Gasteiger partial charge < -0.3 is 11.1 Å². The van der Waals surface area contributed by atoms with Crippen molar-refractivity contribution in [3.8, 4) is 0 Å². The molecule has 0 radical (unpaired) electrons. The third-order valence-corrected chi connectivity index (χ3v) is 4.17.